The molecular weight excluding hydrogens is 377 g/mol. The van der Waals surface area contributed by atoms with Crippen molar-refractivity contribution in [2.45, 2.75) is 77.9 Å². The Bertz CT molecular complexity index is 298. The van der Waals surface area contributed by atoms with Gasteiger partial charge in [0.05, 0.1) is 12.1 Å². The Balaban J connectivity index is 0.00000400. The zero-order valence-corrected chi connectivity index (χ0v) is 16.4. The van der Waals surface area contributed by atoms with Crippen LogP contribution in [-0.2, 0) is 0 Å². The van der Waals surface area contributed by atoms with Crippen molar-refractivity contribution in [1.29, 1.82) is 0 Å². The molecule has 0 spiro atoms. The van der Waals surface area contributed by atoms with Gasteiger partial charge >= 0.3 is 0 Å². The first-order valence-corrected chi connectivity index (χ1v) is 8.30. The topological polar surface area (TPSA) is 56.7 Å². The number of aliphatic imine (C=N–C) groups is 1. The summed E-state index contributed by atoms with van der Waals surface area (Å²) < 4.78 is 0. The molecule has 126 valence electrons. The number of nitrogens with one attached hydrogen (secondary N) is 2. The number of nitrogens with zero attached hydrogens (tertiary/aromatic N) is 1. The minimum atomic E-state index is -0.663. The third-order valence-electron chi connectivity index (χ3n) is 4.55. The van der Waals surface area contributed by atoms with Crippen LogP contribution in [0.25, 0.3) is 0 Å². The second-order valence-electron chi connectivity index (χ2n) is 6.23. The second kappa shape index (κ2) is 10.6. The zero-order valence-electron chi connectivity index (χ0n) is 14.1. The number of hydrogen-bond acceptors (Lipinski definition) is 2. The van der Waals surface area contributed by atoms with Gasteiger partial charge in [-0.15, -0.1) is 24.0 Å². The van der Waals surface area contributed by atoms with Crippen molar-refractivity contribution >= 4 is 29.9 Å². The van der Waals surface area contributed by atoms with Crippen LogP contribution >= 0.6 is 24.0 Å². The van der Waals surface area contributed by atoms with Gasteiger partial charge in [0.1, 0.15) is 0 Å². The molecule has 0 aromatic heterocycles. The van der Waals surface area contributed by atoms with E-state index in [9.17, 15) is 5.11 Å². The maximum atomic E-state index is 10.3. The molecule has 1 aliphatic rings. The summed E-state index contributed by atoms with van der Waals surface area (Å²) in [5.74, 6) is 1.71. The van der Waals surface area contributed by atoms with E-state index < -0.39 is 5.60 Å². The molecule has 1 fully saturated rings. The molecule has 0 bridgehead atoms. The molecule has 0 radical (unpaired) electrons. The van der Waals surface area contributed by atoms with Crippen LogP contribution in [0.15, 0.2) is 4.99 Å². The van der Waals surface area contributed by atoms with Crippen LogP contribution in [0, 0.1) is 5.92 Å². The zero-order chi connectivity index (χ0) is 15.0. The van der Waals surface area contributed by atoms with E-state index in [-0.39, 0.29) is 24.0 Å². The summed E-state index contributed by atoms with van der Waals surface area (Å²) in [5.41, 5.74) is -0.663. The minimum Gasteiger partial charge on any atom is -0.388 e. The van der Waals surface area contributed by atoms with Crippen molar-refractivity contribution in [2.24, 2.45) is 10.9 Å². The Hall–Kier alpha value is -0.0400. The molecule has 0 unspecified atom stereocenters. The first kappa shape index (κ1) is 21.0. The normalized spacial score (nSPS) is 23.4. The highest BCUT2D eigenvalue weighted by molar-refractivity contribution is 14.0. The fraction of sp³-hybridized carbons (Fsp3) is 0.938. The first-order chi connectivity index (χ1) is 9.53. The van der Waals surface area contributed by atoms with Crippen LogP contribution < -0.4 is 10.6 Å². The molecule has 0 heterocycles. The molecule has 1 aliphatic carbocycles. The summed E-state index contributed by atoms with van der Waals surface area (Å²) in [6.45, 7) is 9.76. The maximum Gasteiger partial charge on any atom is 0.191 e. The molecule has 1 saturated carbocycles. The predicted molar refractivity (Wildman–Crippen MR) is 101 cm³/mol. The molecule has 0 atom stereocenters. The average Bonchev–Trinajstić information content (AvgIpc) is 2.47. The monoisotopic (exact) mass is 411 g/mol. The summed E-state index contributed by atoms with van der Waals surface area (Å²) in [6, 6.07) is 0.528. The first-order valence-electron chi connectivity index (χ1n) is 8.30. The molecule has 4 nitrogen and oxygen atoms in total. The average molecular weight is 411 g/mol. The summed E-state index contributed by atoms with van der Waals surface area (Å²) >= 11 is 0. The summed E-state index contributed by atoms with van der Waals surface area (Å²) in [6.07, 6.45) is 6.52. The van der Waals surface area contributed by atoms with Gasteiger partial charge < -0.3 is 15.7 Å². The second-order valence-corrected chi connectivity index (χ2v) is 6.23. The van der Waals surface area contributed by atoms with Crippen LogP contribution in [0.5, 0.6) is 0 Å². The lowest BCUT2D eigenvalue weighted by Crippen LogP contribution is -2.45. The van der Waals surface area contributed by atoms with Crippen LogP contribution in [0.1, 0.15) is 66.2 Å². The summed E-state index contributed by atoms with van der Waals surface area (Å²) in [7, 11) is 0. The molecule has 0 aromatic carbocycles. The highest BCUT2D eigenvalue weighted by atomic mass is 127. The molecule has 3 N–H and O–H groups in total. The lowest BCUT2D eigenvalue weighted by Gasteiger charge is -2.29. The van der Waals surface area contributed by atoms with Crippen molar-refractivity contribution in [3.8, 4) is 0 Å². The number of hydrogen-bond donors (Lipinski definition) is 3. The largest absolute Gasteiger partial charge is 0.388 e. The van der Waals surface area contributed by atoms with E-state index in [2.05, 4.69) is 29.5 Å². The maximum absolute atomic E-state index is 10.3. The van der Waals surface area contributed by atoms with Crippen molar-refractivity contribution in [1.82, 2.24) is 10.6 Å². The lowest BCUT2D eigenvalue weighted by molar-refractivity contribution is 0.0417. The Morgan fingerprint density at radius 3 is 2.19 bits per heavy atom. The molecular formula is C16H34IN3O. The van der Waals surface area contributed by atoms with E-state index in [1.54, 1.807) is 0 Å². The van der Waals surface area contributed by atoms with Gasteiger partial charge in [-0.1, -0.05) is 20.8 Å². The quantitative estimate of drug-likeness (QED) is 0.357. The van der Waals surface area contributed by atoms with Crippen LogP contribution in [0.3, 0.4) is 0 Å². The smallest absolute Gasteiger partial charge is 0.191 e. The molecule has 1 rings (SSSR count). The standard InChI is InChI=1S/C16H33N3O.HI/c1-5-16(20,6-2)12-18-15(17-7-3)19-14-10-8-13(4)9-11-14;/h13-14,20H,5-12H2,1-4H3,(H2,17,18,19);1H. The molecule has 5 heteroatoms. The molecule has 0 aromatic rings. The van der Waals surface area contributed by atoms with E-state index in [1.807, 2.05) is 13.8 Å². The van der Waals surface area contributed by atoms with E-state index in [4.69, 9.17) is 0 Å². The number of guanidine groups is 1. The minimum absolute atomic E-state index is 0. The van der Waals surface area contributed by atoms with Gasteiger partial charge in [0, 0.05) is 12.6 Å². The highest BCUT2D eigenvalue weighted by Gasteiger charge is 2.23. The lowest BCUT2D eigenvalue weighted by atomic mass is 9.87. The van der Waals surface area contributed by atoms with Gasteiger partial charge in [-0.05, 0) is 51.4 Å². The van der Waals surface area contributed by atoms with E-state index in [0.29, 0.717) is 12.6 Å². The van der Waals surface area contributed by atoms with Gasteiger partial charge in [-0.25, -0.2) is 0 Å². The van der Waals surface area contributed by atoms with E-state index in [0.717, 1.165) is 31.3 Å². The SMILES string of the molecule is CCNC(=NCC(O)(CC)CC)NC1CCC(C)CC1.I. The summed E-state index contributed by atoms with van der Waals surface area (Å²) in [4.78, 5) is 4.58. The highest BCUT2D eigenvalue weighted by Crippen LogP contribution is 2.23. The predicted octanol–water partition coefficient (Wildman–Crippen LogP) is 3.29. The molecule has 0 amide bonds. The Morgan fingerprint density at radius 1 is 1.14 bits per heavy atom. The van der Waals surface area contributed by atoms with Crippen molar-refractivity contribution in [2.75, 3.05) is 13.1 Å². The number of halogens is 1. The van der Waals surface area contributed by atoms with Gasteiger partial charge in [-0.2, -0.15) is 0 Å². The number of rotatable bonds is 6. The summed E-state index contributed by atoms with van der Waals surface area (Å²) in [5, 5.41) is 17.1. The van der Waals surface area contributed by atoms with Crippen molar-refractivity contribution in [3.63, 3.8) is 0 Å². The van der Waals surface area contributed by atoms with Crippen LogP contribution in [0.2, 0.25) is 0 Å². The van der Waals surface area contributed by atoms with Gasteiger partial charge in [0.15, 0.2) is 5.96 Å². The third-order valence-corrected chi connectivity index (χ3v) is 4.55. The Morgan fingerprint density at radius 2 is 1.71 bits per heavy atom. The van der Waals surface area contributed by atoms with Crippen LogP contribution in [-0.4, -0.2) is 35.8 Å². The van der Waals surface area contributed by atoms with Gasteiger partial charge in [0.2, 0.25) is 0 Å². The molecule has 0 aliphatic heterocycles. The van der Waals surface area contributed by atoms with Gasteiger partial charge in [-0.3, -0.25) is 4.99 Å². The Labute approximate surface area is 147 Å². The third kappa shape index (κ3) is 7.68. The van der Waals surface area contributed by atoms with E-state index >= 15 is 0 Å². The molecule has 21 heavy (non-hydrogen) atoms. The fourth-order valence-corrected chi connectivity index (χ4v) is 2.62. The van der Waals surface area contributed by atoms with E-state index in [1.165, 1.54) is 25.7 Å². The Kier molecular flexibility index (Phi) is 10.6. The van der Waals surface area contributed by atoms with Gasteiger partial charge in [0.25, 0.3) is 0 Å². The fourth-order valence-electron chi connectivity index (χ4n) is 2.62. The molecule has 0 saturated heterocycles. The van der Waals surface area contributed by atoms with Crippen molar-refractivity contribution in [3.05, 3.63) is 0 Å². The van der Waals surface area contributed by atoms with Crippen molar-refractivity contribution < 1.29 is 5.11 Å². The van der Waals surface area contributed by atoms with Crippen LogP contribution in [0.4, 0.5) is 0 Å². The number of aliphatic hydroxyl groups is 1.